The highest BCUT2D eigenvalue weighted by Gasteiger charge is 2.39. The first kappa shape index (κ1) is 66.8. The van der Waals surface area contributed by atoms with Crippen molar-refractivity contribution in [1.29, 1.82) is 0 Å². The SMILES string of the molecule is N[C@@H](Cc1ccc(O)cc1)C(=O)NCCC(=O)NCC(=O)N[C@@H](Cc1ccccc1)C(=O)NNC(=O)[C@H](Cc1ccccc1)NC(=O)CNC(=O)CCNC(=O)[C@@H](N)Cc1ccc(O)cc1.O=C(O)C(F)(F)F.O=C(O)C(F)(F)F. The minimum atomic E-state index is -5.08. The molecule has 0 aromatic heterocycles. The third-order valence-electron chi connectivity index (χ3n) is 10.3. The average molecular weight is 1140 g/mol. The Balaban J connectivity index is 0.00000138. The Morgan fingerprint density at radius 3 is 0.988 bits per heavy atom. The first-order chi connectivity index (χ1) is 37.5. The molecule has 4 aromatic carbocycles. The zero-order valence-electron chi connectivity index (χ0n) is 42.1. The lowest BCUT2D eigenvalue weighted by atomic mass is 10.0. The van der Waals surface area contributed by atoms with E-state index in [1.54, 1.807) is 84.9 Å². The summed E-state index contributed by atoms with van der Waals surface area (Å²) in [4.78, 5) is 121. The second-order valence-electron chi connectivity index (χ2n) is 16.8. The molecular weight excluding hydrogens is 1080 g/mol. The molecule has 0 heterocycles. The molecule has 434 valence electrons. The van der Waals surface area contributed by atoms with Crippen molar-refractivity contribution in [1.82, 2.24) is 42.8 Å². The van der Waals surface area contributed by atoms with Gasteiger partial charge in [0.15, 0.2) is 0 Å². The Morgan fingerprint density at radius 2 is 0.700 bits per heavy atom. The Hall–Kier alpha value is -9.32. The predicted octanol–water partition coefficient (Wildman–Crippen LogP) is -0.348. The van der Waals surface area contributed by atoms with E-state index in [2.05, 4.69) is 42.8 Å². The van der Waals surface area contributed by atoms with E-state index in [1.165, 1.54) is 24.3 Å². The standard InChI is InChI=1S/C46H56N10O10.2C2HF3O2/c47-35(23-31-11-15-33(57)16-12-31)43(63)49-21-19-39(59)51-27-41(61)53-37(25-29-7-3-1-4-8-29)45(65)55-56-46(66)38(26-30-9-5-2-6-10-30)54-42(62)28-52-40(60)20-22-50-44(64)36(48)24-32-13-17-34(58)18-14-32;2*3-2(4,5)1(6)7/h1-18,35-38,57-58H,19-28,47-48H2,(H,49,63)(H,50,64)(H,51,59)(H,52,60)(H,53,61)(H,54,62)(H,55,65)(H,56,66);2*(H,6,7)/t35-,36-,37-,38-;;/m0../s1. The van der Waals surface area contributed by atoms with Crippen LogP contribution in [0.1, 0.15) is 35.1 Å². The molecule has 0 fully saturated rings. The van der Waals surface area contributed by atoms with E-state index in [0.717, 1.165) is 11.1 Å². The number of amides is 8. The van der Waals surface area contributed by atoms with Crippen LogP contribution in [0.25, 0.3) is 0 Å². The Kier molecular flexibility index (Phi) is 28.2. The number of halogens is 6. The highest BCUT2D eigenvalue weighted by Crippen LogP contribution is 2.15. The molecule has 0 aliphatic heterocycles. The lowest BCUT2D eigenvalue weighted by molar-refractivity contribution is -0.193. The minimum absolute atomic E-state index is 0.00116. The summed E-state index contributed by atoms with van der Waals surface area (Å²) in [5, 5.41) is 48.3. The fraction of sp³-hybridized carbons (Fsp3) is 0.320. The number of carboxylic acids is 2. The molecule has 0 aliphatic rings. The van der Waals surface area contributed by atoms with Gasteiger partial charge < -0.3 is 63.8 Å². The van der Waals surface area contributed by atoms with Crippen LogP contribution >= 0.6 is 0 Å². The summed E-state index contributed by atoms with van der Waals surface area (Å²) in [5.74, 6) is -10.5. The quantitative estimate of drug-likeness (QED) is 0.0315. The molecule has 0 bridgehead atoms. The van der Waals surface area contributed by atoms with Crippen LogP contribution in [0.15, 0.2) is 109 Å². The molecule has 0 aliphatic carbocycles. The normalized spacial score (nSPS) is 12.2. The Labute approximate surface area is 451 Å². The van der Waals surface area contributed by atoms with Gasteiger partial charge in [-0.25, -0.2) is 9.59 Å². The van der Waals surface area contributed by atoms with E-state index in [9.17, 15) is 74.9 Å². The van der Waals surface area contributed by atoms with E-state index < -0.39 is 109 Å². The number of aliphatic carboxylic acids is 2. The maximum Gasteiger partial charge on any atom is 0.490 e. The van der Waals surface area contributed by atoms with Gasteiger partial charge in [-0.05, 0) is 59.4 Å². The maximum atomic E-state index is 13.5. The number of nitrogens with one attached hydrogen (secondary N) is 8. The average Bonchev–Trinajstić information content (AvgIpc) is 3.40. The summed E-state index contributed by atoms with van der Waals surface area (Å²) in [6.07, 6.45) is -10.1. The highest BCUT2D eigenvalue weighted by molar-refractivity contribution is 5.94. The maximum absolute atomic E-state index is 13.5. The third kappa shape index (κ3) is 28.2. The van der Waals surface area contributed by atoms with Crippen LogP contribution in [0, 0.1) is 0 Å². The van der Waals surface area contributed by atoms with Crippen molar-refractivity contribution in [2.24, 2.45) is 11.5 Å². The lowest BCUT2D eigenvalue weighted by Crippen LogP contribution is -2.58. The molecule has 8 amide bonds. The first-order valence-corrected chi connectivity index (χ1v) is 23.6. The van der Waals surface area contributed by atoms with Gasteiger partial charge in [-0.1, -0.05) is 84.9 Å². The molecule has 24 nitrogen and oxygen atoms in total. The number of carboxylic acid groups (broad SMARTS) is 2. The number of rotatable bonds is 24. The number of carbonyl (C=O) groups is 10. The van der Waals surface area contributed by atoms with Crippen molar-refractivity contribution < 1.29 is 94.7 Å². The van der Waals surface area contributed by atoms with Crippen LogP contribution in [0.4, 0.5) is 26.3 Å². The fourth-order valence-corrected chi connectivity index (χ4v) is 6.26. The summed E-state index contributed by atoms with van der Waals surface area (Å²) >= 11 is 0. The van der Waals surface area contributed by atoms with Crippen LogP contribution in [-0.2, 0) is 73.6 Å². The van der Waals surface area contributed by atoms with Crippen LogP contribution in [0.2, 0.25) is 0 Å². The fourth-order valence-electron chi connectivity index (χ4n) is 6.26. The van der Waals surface area contributed by atoms with Gasteiger partial charge in [0.05, 0.1) is 25.2 Å². The largest absolute Gasteiger partial charge is 0.508 e. The molecule has 0 spiro atoms. The number of phenolic OH excluding ortho intramolecular Hbond substituents is 2. The summed E-state index contributed by atoms with van der Waals surface area (Å²) < 4.78 is 63.5. The number of hydrogen-bond acceptors (Lipinski definition) is 14. The second-order valence-corrected chi connectivity index (χ2v) is 16.8. The molecule has 80 heavy (non-hydrogen) atoms. The van der Waals surface area contributed by atoms with Crippen LogP contribution < -0.4 is 54.2 Å². The molecule has 0 unspecified atom stereocenters. The number of phenols is 2. The molecule has 0 saturated carbocycles. The van der Waals surface area contributed by atoms with E-state index in [4.69, 9.17) is 31.3 Å². The third-order valence-corrected chi connectivity index (χ3v) is 10.3. The van der Waals surface area contributed by atoms with Crippen LogP contribution in [-0.4, -0.2) is 142 Å². The van der Waals surface area contributed by atoms with Crippen LogP contribution in [0.5, 0.6) is 11.5 Å². The second kappa shape index (κ2) is 33.8. The van der Waals surface area contributed by atoms with Crippen molar-refractivity contribution in [3.63, 3.8) is 0 Å². The van der Waals surface area contributed by atoms with Gasteiger partial charge in [-0.15, -0.1) is 0 Å². The smallest absolute Gasteiger partial charge is 0.490 e. The molecule has 0 saturated heterocycles. The Bertz CT molecular complexity index is 2510. The zero-order chi connectivity index (χ0) is 60.0. The molecule has 4 atom stereocenters. The zero-order valence-corrected chi connectivity index (χ0v) is 42.1. The summed E-state index contributed by atoms with van der Waals surface area (Å²) in [6.45, 7) is -1.14. The Morgan fingerprint density at radius 1 is 0.412 bits per heavy atom. The first-order valence-electron chi connectivity index (χ1n) is 23.6. The van der Waals surface area contributed by atoms with E-state index in [0.29, 0.717) is 11.1 Å². The number of benzene rings is 4. The van der Waals surface area contributed by atoms with Crippen molar-refractivity contribution in [2.45, 2.75) is 75.0 Å². The summed E-state index contributed by atoms with van der Waals surface area (Å²) in [7, 11) is 0. The monoisotopic (exact) mass is 1140 g/mol. The minimum Gasteiger partial charge on any atom is -0.508 e. The van der Waals surface area contributed by atoms with Gasteiger partial charge in [0.25, 0.3) is 11.8 Å². The van der Waals surface area contributed by atoms with Crippen molar-refractivity contribution in [2.75, 3.05) is 26.2 Å². The number of hydrazine groups is 1. The molecular formula is C50H58F6N10O14. The number of alkyl halides is 6. The van der Waals surface area contributed by atoms with Gasteiger partial charge in [0.2, 0.25) is 35.4 Å². The number of carbonyl (C=O) groups excluding carboxylic acids is 8. The highest BCUT2D eigenvalue weighted by atomic mass is 19.4. The van der Waals surface area contributed by atoms with Crippen molar-refractivity contribution in [3.8, 4) is 11.5 Å². The van der Waals surface area contributed by atoms with Gasteiger partial charge in [-0.2, -0.15) is 26.3 Å². The van der Waals surface area contributed by atoms with E-state index in [1.807, 2.05) is 0 Å². The van der Waals surface area contributed by atoms with E-state index in [-0.39, 0.29) is 63.1 Å². The van der Waals surface area contributed by atoms with Gasteiger partial charge in [0, 0.05) is 38.8 Å². The predicted molar refractivity (Wildman–Crippen MR) is 269 cm³/mol. The summed E-state index contributed by atoms with van der Waals surface area (Å²) in [6, 6.07) is 25.6. The lowest BCUT2D eigenvalue weighted by Gasteiger charge is -2.22. The molecule has 16 N–H and O–H groups in total. The molecule has 4 rings (SSSR count). The van der Waals surface area contributed by atoms with Gasteiger partial charge in [-0.3, -0.25) is 49.2 Å². The van der Waals surface area contributed by atoms with Crippen LogP contribution in [0.3, 0.4) is 0 Å². The number of hydrogen-bond donors (Lipinski definition) is 14. The van der Waals surface area contributed by atoms with Crippen molar-refractivity contribution >= 4 is 59.2 Å². The van der Waals surface area contributed by atoms with E-state index >= 15 is 0 Å². The number of aromatic hydroxyl groups is 2. The summed E-state index contributed by atoms with van der Waals surface area (Å²) in [5.41, 5.74) is 19.4. The molecule has 4 aromatic rings. The topological polar surface area (TPSA) is 400 Å². The van der Waals surface area contributed by atoms with Gasteiger partial charge in [0.1, 0.15) is 23.6 Å². The number of nitrogens with two attached hydrogens (primary N) is 2. The van der Waals surface area contributed by atoms with Gasteiger partial charge >= 0.3 is 24.3 Å². The molecule has 0 radical (unpaired) electrons. The molecule has 30 heteroatoms. The van der Waals surface area contributed by atoms with Crippen molar-refractivity contribution in [3.05, 3.63) is 131 Å².